The highest BCUT2D eigenvalue weighted by molar-refractivity contribution is 5.95. The van der Waals surface area contributed by atoms with Crippen molar-refractivity contribution < 1.29 is 13.9 Å². The van der Waals surface area contributed by atoms with Gasteiger partial charge in [0.15, 0.2) is 0 Å². The van der Waals surface area contributed by atoms with Crippen molar-refractivity contribution in [2.24, 2.45) is 5.92 Å². The minimum atomic E-state index is -0.272. The van der Waals surface area contributed by atoms with Crippen molar-refractivity contribution >= 4 is 11.0 Å². The number of hydrogen-bond acceptors (Lipinski definition) is 4. The Kier molecular flexibility index (Phi) is 5.44. The van der Waals surface area contributed by atoms with Crippen molar-refractivity contribution in [1.29, 1.82) is 0 Å². The first kappa shape index (κ1) is 19.5. The van der Waals surface area contributed by atoms with Crippen LogP contribution in [0.4, 0.5) is 4.39 Å². The monoisotopic (exact) mass is 409 g/mol. The lowest BCUT2D eigenvalue weighted by atomic mass is 9.99. The Hall–Kier alpha value is -2.44. The van der Waals surface area contributed by atoms with E-state index < -0.39 is 0 Å². The normalized spacial score (nSPS) is 20.8. The average molecular weight is 410 g/mol. The van der Waals surface area contributed by atoms with Crippen LogP contribution in [0.1, 0.15) is 30.9 Å². The number of nitrogens with one attached hydrogen (secondary N) is 1. The van der Waals surface area contributed by atoms with Gasteiger partial charge in [-0.05, 0) is 67.6 Å². The maximum atomic E-state index is 14.0. The minimum absolute atomic E-state index is 0.272. The fourth-order valence-electron chi connectivity index (χ4n) is 4.94. The smallest absolute Gasteiger partial charge is 0.138 e. The second kappa shape index (κ2) is 8.36. The Bertz CT molecular complexity index is 1030. The molecular weight excluding hydrogens is 381 g/mol. The molecule has 3 aromatic rings. The summed E-state index contributed by atoms with van der Waals surface area (Å²) in [6, 6.07) is 8.77. The summed E-state index contributed by atoms with van der Waals surface area (Å²) in [4.78, 5) is 10.7. The molecule has 2 aliphatic heterocycles. The molecule has 0 aliphatic carbocycles. The van der Waals surface area contributed by atoms with Crippen molar-refractivity contribution in [1.82, 2.24) is 14.9 Å². The summed E-state index contributed by atoms with van der Waals surface area (Å²) in [5, 5.41) is 1.01. The maximum absolute atomic E-state index is 14.0. The third-order valence-corrected chi connectivity index (χ3v) is 6.57. The van der Waals surface area contributed by atoms with E-state index in [4.69, 9.17) is 9.47 Å². The van der Waals surface area contributed by atoms with Crippen molar-refractivity contribution in [3.63, 3.8) is 0 Å². The van der Waals surface area contributed by atoms with Crippen LogP contribution in [0.2, 0.25) is 0 Å². The zero-order chi connectivity index (χ0) is 20.5. The second-order valence-corrected chi connectivity index (χ2v) is 8.49. The van der Waals surface area contributed by atoms with Gasteiger partial charge in [0, 0.05) is 55.1 Å². The largest absolute Gasteiger partial charge is 0.496 e. The number of H-pyrrole nitrogens is 1. The van der Waals surface area contributed by atoms with Gasteiger partial charge in [0.2, 0.25) is 0 Å². The molecule has 2 fully saturated rings. The molecule has 30 heavy (non-hydrogen) atoms. The van der Waals surface area contributed by atoms with E-state index in [-0.39, 0.29) is 5.82 Å². The first-order valence-electron chi connectivity index (χ1n) is 10.8. The summed E-state index contributed by atoms with van der Waals surface area (Å²) in [5.41, 5.74) is 3.76. The number of likely N-dealkylation sites (tertiary alicyclic amines) is 1. The van der Waals surface area contributed by atoms with Crippen LogP contribution in [-0.2, 0) is 4.74 Å². The third kappa shape index (κ3) is 3.82. The lowest BCUT2D eigenvalue weighted by molar-refractivity contribution is 0.0553. The molecule has 5 rings (SSSR count). The molecule has 4 heterocycles. The molecule has 0 bridgehead atoms. The molecule has 1 atom stereocenters. The molecule has 1 unspecified atom stereocenters. The maximum Gasteiger partial charge on any atom is 0.138 e. The van der Waals surface area contributed by atoms with Gasteiger partial charge in [-0.25, -0.2) is 9.37 Å². The Morgan fingerprint density at radius 1 is 1.17 bits per heavy atom. The predicted octanol–water partition coefficient (Wildman–Crippen LogP) is 4.59. The van der Waals surface area contributed by atoms with E-state index in [1.165, 1.54) is 37.2 Å². The molecule has 0 saturated carbocycles. The molecule has 0 amide bonds. The Labute approximate surface area is 176 Å². The van der Waals surface area contributed by atoms with Crippen LogP contribution in [0.5, 0.6) is 5.75 Å². The van der Waals surface area contributed by atoms with E-state index >= 15 is 0 Å². The van der Waals surface area contributed by atoms with Crippen LogP contribution in [0, 0.1) is 11.7 Å². The van der Waals surface area contributed by atoms with E-state index in [1.807, 2.05) is 6.07 Å². The molecule has 0 radical (unpaired) electrons. The average Bonchev–Trinajstić information content (AvgIpc) is 3.41. The summed E-state index contributed by atoms with van der Waals surface area (Å²) in [6.45, 7) is 5.19. The number of pyridine rings is 1. The number of aromatic nitrogens is 2. The predicted molar refractivity (Wildman–Crippen MR) is 115 cm³/mol. The third-order valence-electron chi connectivity index (χ3n) is 6.57. The molecule has 1 N–H and O–H groups in total. The number of aromatic amines is 1. The van der Waals surface area contributed by atoms with Gasteiger partial charge in [0.1, 0.15) is 17.2 Å². The second-order valence-electron chi connectivity index (χ2n) is 8.49. The Morgan fingerprint density at radius 3 is 2.87 bits per heavy atom. The van der Waals surface area contributed by atoms with Gasteiger partial charge in [-0.15, -0.1) is 0 Å². The molecule has 2 aromatic heterocycles. The van der Waals surface area contributed by atoms with Gasteiger partial charge in [-0.2, -0.15) is 0 Å². The molecule has 5 nitrogen and oxygen atoms in total. The van der Waals surface area contributed by atoms with Crippen molar-refractivity contribution in [3.05, 3.63) is 48.0 Å². The molecule has 0 spiro atoms. The summed E-state index contributed by atoms with van der Waals surface area (Å²) < 4.78 is 24.9. The number of ether oxygens (including phenoxy) is 2. The Balaban J connectivity index is 1.40. The number of halogens is 1. The van der Waals surface area contributed by atoms with Gasteiger partial charge in [0.05, 0.1) is 7.11 Å². The minimum Gasteiger partial charge on any atom is -0.496 e. The SMILES string of the molecule is COc1ccc(F)cc1-c1ccnc2[nH]c(C3CCN(CC4CCOCC4)C3)cc12. The van der Waals surface area contributed by atoms with Gasteiger partial charge < -0.3 is 19.4 Å². The number of benzene rings is 1. The van der Waals surface area contributed by atoms with E-state index in [1.54, 1.807) is 19.4 Å². The van der Waals surface area contributed by atoms with E-state index in [0.29, 0.717) is 11.7 Å². The molecule has 1 aromatic carbocycles. The molecule has 6 heteroatoms. The van der Waals surface area contributed by atoms with Crippen LogP contribution in [-0.4, -0.2) is 54.8 Å². The summed E-state index contributed by atoms with van der Waals surface area (Å²) in [7, 11) is 1.61. The fourth-order valence-corrected chi connectivity index (χ4v) is 4.94. The van der Waals surface area contributed by atoms with E-state index in [0.717, 1.165) is 60.8 Å². The first-order valence-corrected chi connectivity index (χ1v) is 10.8. The topological polar surface area (TPSA) is 50.4 Å². The van der Waals surface area contributed by atoms with Gasteiger partial charge in [0.25, 0.3) is 0 Å². The molecule has 2 aliphatic rings. The van der Waals surface area contributed by atoms with Gasteiger partial charge >= 0.3 is 0 Å². The molecule has 2 saturated heterocycles. The highest BCUT2D eigenvalue weighted by atomic mass is 19.1. The highest BCUT2D eigenvalue weighted by Gasteiger charge is 2.28. The van der Waals surface area contributed by atoms with Crippen molar-refractivity contribution in [2.75, 3.05) is 40.0 Å². The van der Waals surface area contributed by atoms with E-state index in [2.05, 4.69) is 20.9 Å². The lowest BCUT2D eigenvalue weighted by Crippen LogP contribution is -2.30. The summed E-state index contributed by atoms with van der Waals surface area (Å²) in [5.74, 6) is 1.62. The van der Waals surface area contributed by atoms with Gasteiger partial charge in [-0.3, -0.25) is 0 Å². The number of fused-ring (bicyclic) bond motifs is 1. The quantitative estimate of drug-likeness (QED) is 0.669. The van der Waals surface area contributed by atoms with Crippen LogP contribution >= 0.6 is 0 Å². The van der Waals surface area contributed by atoms with Crippen LogP contribution < -0.4 is 4.74 Å². The standard InChI is InChI=1S/C24H28FN3O2/c1-29-23-3-2-18(25)12-20(23)19-4-8-26-24-21(19)13-22(27-24)17-5-9-28(15-17)14-16-6-10-30-11-7-16/h2-4,8,12-13,16-17H,5-7,9-11,14-15H2,1H3,(H,26,27). The number of nitrogens with zero attached hydrogens (tertiary/aromatic N) is 2. The zero-order valence-electron chi connectivity index (χ0n) is 17.4. The number of hydrogen-bond donors (Lipinski definition) is 1. The molecule has 158 valence electrons. The highest BCUT2D eigenvalue weighted by Crippen LogP contribution is 2.37. The zero-order valence-corrected chi connectivity index (χ0v) is 17.4. The van der Waals surface area contributed by atoms with Crippen molar-refractivity contribution in [3.8, 4) is 16.9 Å². The van der Waals surface area contributed by atoms with Crippen LogP contribution in [0.3, 0.4) is 0 Å². The fraction of sp³-hybridized carbons (Fsp3) is 0.458. The molecular formula is C24H28FN3O2. The number of methoxy groups -OCH3 is 1. The van der Waals surface area contributed by atoms with Crippen molar-refractivity contribution in [2.45, 2.75) is 25.2 Å². The van der Waals surface area contributed by atoms with Gasteiger partial charge in [-0.1, -0.05) is 0 Å². The Morgan fingerprint density at radius 2 is 2.03 bits per heavy atom. The summed E-state index contributed by atoms with van der Waals surface area (Å²) in [6.07, 6.45) is 5.27. The lowest BCUT2D eigenvalue weighted by Gasteiger charge is -2.26. The van der Waals surface area contributed by atoms with E-state index in [9.17, 15) is 4.39 Å². The van der Waals surface area contributed by atoms with Crippen LogP contribution in [0.15, 0.2) is 36.5 Å². The number of rotatable bonds is 5. The van der Waals surface area contributed by atoms with Crippen LogP contribution in [0.25, 0.3) is 22.2 Å². The first-order chi connectivity index (χ1) is 14.7. The summed E-state index contributed by atoms with van der Waals surface area (Å²) >= 11 is 0.